The third-order valence-electron chi connectivity index (χ3n) is 3.56. The van der Waals surface area contributed by atoms with Crippen LogP contribution in [0.3, 0.4) is 0 Å². The smallest absolute Gasteiger partial charge is 0.230 e. The number of nitrogens with one attached hydrogen (secondary N) is 1. The van der Waals surface area contributed by atoms with Gasteiger partial charge in [0.1, 0.15) is 5.75 Å². The molecule has 128 valence electrons. The van der Waals surface area contributed by atoms with Gasteiger partial charge in [-0.1, -0.05) is 24.3 Å². The fraction of sp³-hybridized carbons (Fsp3) is 0.158. The largest absolute Gasteiger partial charge is 0.494 e. The summed E-state index contributed by atoms with van der Waals surface area (Å²) in [6.07, 6.45) is 0.295. The molecular weight excluding hydrogens is 334 g/mol. The van der Waals surface area contributed by atoms with Gasteiger partial charge in [-0.25, -0.2) is 4.98 Å². The summed E-state index contributed by atoms with van der Waals surface area (Å²) < 4.78 is 5.40. The maximum Gasteiger partial charge on any atom is 0.230 e. The number of aromatic nitrogens is 1. The highest BCUT2D eigenvalue weighted by Crippen LogP contribution is 2.25. The van der Waals surface area contributed by atoms with Crippen LogP contribution >= 0.6 is 11.3 Å². The van der Waals surface area contributed by atoms with Crippen molar-refractivity contribution in [3.05, 3.63) is 59.5 Å². The van der Waals surface area contributed by atoms with E-state index in [9.17, 15) is 4.79 Å². The number of nitrogens with two attached hydrogens (primary N) is 1. The van der Waals surface area contributed by atoms with E-state index in [-0.39, 0.29) is 5.91 Å². The lowest BCUT2D eigenvalue weighted by Crippen LogP contribution is -2.14. The van der Waals surface area contributed by atoms with Crippen molar-refractivity contribution in [2.75, 3.05) is 17.7 Å². The number of hydrogen-bond donors (Lipinski definition) is 2. The molecule has 0 atom stereocenters. The number of ether oxygens (including phenoxy) is 1. The van der Waals surface area contributed by atoms with Crippen LogP contribution in [0.4, 0.5) is 10.8 Å². The number of benzene rings is 2. The molecule has 0 bridgehead atoms. The summed E-state index contributed by atoms with van der Waals surface area (Å²) in [5.41, 5.74) is 9.12. The highest BCUT2D eigenvalue weighted by Gasteiger charge is 2.09. The number of carbonyl (C=O) groups excluding carboxylic acids is 1. The highest BCUT2D eigenvalue weighted by molar-refractivity contribution is 7.14. The average Bonchev–Trinajstić information content (AvgIpc) is 3.06. The molecule has 0 aliphatic rings. The van der Waals surface area contributed by atoms with Gasteiger partial charge in [0.2, 0.25) is 5.91 Å². The van der Waals surface area contributed by atoms with Crippen LogP contribution in [0.25, 0.3) is 11.3 Å². The van der Waals surface area contributed by atoms with Crippen LogP contribution in [0, 0.1) is 0 Å². The Morgan fingerprint density at radius 1 is 1.16 bits per heavy atom. The van der Waals surface area contributed by atoms with Gasteiger partial charge in [-0.15, -0.1) is 11.3 Å². The summed E-state index contributed by atoms with van der Waals surface area (Å²) in [4.78, 5) is 16.6. The molecular formula is C19H19N3O2S. The number of thiazole rings is 1. The normalized spacial score (nSPS) is 10.4. The monoisotopic (exact) mass is 353 g/mol. The molecule has 0 saturated carbocycles. The molecule has 3 aromatic rings. The lowest BCUT2D eigenvalue weighted by molar-refractivity contribution is -0.115. The zero-order valence-electron chi connectivity index (χ0n) is 13.9. The first-order chi connectivity index (χ1) is 12.1. The van der Waals surface area contributed by atoms with Crippen molar-refractivity contribution in [1.29, 1.82) is 0 Å². The highest BCUT2D eigenvalue weighted by atomic mass is 32.1. The van der Waals surface area contributed by atoms with Crippen LogP contribution in [0.5, 0.6) is 5.75 Å². The van der Waals surface area contributed by atoms with Crippen LogP contribution in [-0.4, -0.2) is 17.5 Å². The third-order valence-corrected chi connectivity index (χ3v) is 4.31. The average molecular weight is 353 g/mol. The molecule has 0 saturated heterocycles. The van der Waals surface area contributed by atoms with Gasteiger partial charge in [-0.05, 0) is 36.8 Å². The van der Waals surface area contributed by atoms with Crippen molar-refractivity contribution in [3.63, 3.8) is 0 Å². The predicted octanol–water partition coefficient (Wildman–Crippen LogP) is 3.97. The van der Waals surface area contributed by atoms with E-state index in [1.54, 1.807) is 0 Å². The van der Waals surface area contributed by atoms with Gasteiger partial charge >= 0.3 is 0 Å². The van der Waals surface area contributed by atoms with Gasteiger partial charge < -0.3 is 15.8 Å². The molecule has 0 fully saturated rings. The van der Waals surface area contributed by atoms with E-state index in [2.05, 4.69) is 10.3 Å². The van der Waals surface area contributed by atoms with Crippen molar-refractivity contribution in [3.8, 4) is 17.0 Å². The summed E-state index contributed by atoms with van der Waals surface area (Å²) in [7, 11) is 0. The number of anilines is 2. The second kappa shape index (κ2) is 7.81. The van der Waals surface area contributed by atoms with Crippen LogP contribution in [-0.2, 0) is 11.2 Å². The Labute approximate surface area is 150 Å². The van der Waals surface area contributed by atoms with Crippen molar-refractivity contribution in [1.82, 2.24) is 4.98 Å². The predicted molar refractivity (Wildman–Crippen MR) is 102 cm³/mol. The topological polar surface area (TPSA) is 77.2 Å². The molecule has 0 aliphatic carbocycles. The molecule has 0 spiro atoms. The van der Waals surface area contributed by atoms with Crippen LogP contribution in [0.1, 0.15) is 12.5 Å². The van der Waals surface area contributed by atoms with Crippen LogP contribution < -0.4 is 15.8 Å². The number of amides is 1. The summed E-state index contributed by atoms with van der Waals surface area (Å²) >= 11 is 1.40. The van der Waals surface area contributed by atoms with E-state index < -0.39 is 0 Å². The number of nitrogens with zero attached hydrogens (tertiary/aromatic N) is 1. The van der Waals surface area contributed by atoms with Gasteiger partial charge in [-0.2, -0.15) is 0 Å². The molecule has 0 unspecified atom stereocenters. The maximum atomic E-state index is 12.2. The van der Waals surface area contributed by atoms with Crippen molar-refractivity contribution in [2.24, 2.45) is 0 Å². The third kappa shape index (κ3) is 4.58. The standard InChI is InChI=1S/C19H19N3O2S/c1-2-24-16-9-3-13(4-10-16)11-18(23)22-19-21-17(12-25-19)14-5-7-15(20)8-6-14/h3-10,12H,2,11,20H2,1H3,(H,21,22,23). The summed E-state index contributed by atoms with van der Waals surface area (Å²) in [5, 5.41) is 5.34. The summed E-state index contributed by atoms with van der Waals surface area (Å²) in [6, 6.07) is 15.0. The second-order valence-electron chi connectivity index (χ2n) is 5.46. The minimum atomic E-state index is -0.0950. The number of hydrogen-bond acceptors (Lipinski definition) is 5. The minimum Gasteiger partial charge on any atom is -0.494 e. The van der Waals surface area contributed by atoms with Gasteiger partial charge in [-0.3, -0.25) is 4.79 Å². The molecule has 1 aromatic heterocycles. The molecule has 0 radical (unpaired) electrons. The maximum absolute atomic E-state index is 12.2. The fourth-order valence-corrected chi connectivity index (χ4v) is 3.07. The summed E-state index contributed by atoms with van der Waals surface area (Å²) in [5.74, 6) is 0.710. The molecule has 25 heavy (non-hydrogen) atoms. The molecule has 1 heterocycles. The van der Waals surface area contributed by atoms with Gasteiger partial charge in [0.05, 0.1) is 18.7 Å². The quantitative estimate of drug-likeness (QED) is 0.657. The Balaban J connectivity index is 1.60. The van der Waals surface area contributed by atoms with E-state index >= 15 is 0 Å². The van der Waals surface area contributed by atoms with Crippen LogP contribution in [0.15, 0.2) is 53.9 Å². The number of carbonyl (C=O) groups is 1. The molecule has 5 nitrogen and oxygen atoms in total. The van der Waals surface area contributed by atoms with Crippen molar-refractivity contribution >= 4 is 28.1 Å². The van der Waals surface area contributed by atoms with E-state index in [1.807, 2.05) is 60.8 Å². The Kier molecular flexibility index (Phi) is 5.30. The molecule has 3 rings (SSSR count). The molecule has 1 amide bonds. The van der Waals surface area contributed by atoms with E-state index in [1.165, 1.54) is 11.3 Å². The fourth-order valence-electron chi connectivity index (χ4n) is 2.34. The molecule has 6 heteroatoms. The zero-order valence-corrected chi connectivity index (χ0v) is 14.7. The van der Waals surface area contributed by atoms with Crippen molar-refractivity contribution in [2.45, 2.75) is 13.3 Å². The SMILES string of the molecule is CCOc1ccc(CC(=O)Nc2nc(-c3ccc(N)cc3)cs2)cc1. The van der Waals surface area contributed by atoms with E-state index in [4.69, 9.17) is 10.5 Å². The van der Waals surface area contributed by atoms with Crippen LogP contribution in [0.2, 0.25) is 0 Å². The number of rotatable bonds is 6. The van der Waals surface area contributed by atoms with E-state index in [0.717, 1.165) is 22.6 Å². The van der Waals surface area contributed by atoms with Crippen molar-refractivity contribution < 1.29 is 9.53 Å². The first-order valence-electron chi connectivity index (χ1n) is 7.97. The summed E-state index contributed by atoms with van der Waals surface area (Å²) in [6.45, 7) is 2.56. The minimum absolute atomic E-state index is 0.0950. The Morgan fingerprint density at radius 2 is 1.88 bits per heavy atom. The van der Waals surface area contributed by atoms with Gasteiger partial charge in [0.15, 0.2) is 5.13 Å². The van der Waals surface area contributed by atoms with Gasteiger partial charge in [0, 0.05) is 16.6 Å². The van der Waals surface area contributed by atoms with Gasteiger partial charge in [0.25, 0.3) is 0 Å². The lowest BCUT2D eigenvalue weighted by atomic mass is 10.1. The first-order valence-corrected chi connectivity index (χ1v) is 8.85. The van der Waals surface area contributed by atoms with E-state index in [0.29, 0.717) is 23.8 Å². The Morgan fingerprint density at radius 3 is 2.56 bits per heavy atom. The number of nitrogen functional groups attached to an aromatic ring is 1. The zero-order chi connectivity index (χ0) is 17.6. The molecule has 0 aliphatic heterocycles. The Bertz CT molecular complexity index is 842. The lowest BCUT2D eigenvalue weighted by Gasteiger charge is -2.05. The molecule has 3 N–H and O–H groups in total. The molecule has 2 aromatic carbocycles. The first kappa shape index (κ1) is 17.0. The Hall–Kier alpha value is -2.86. The second-order valence-corrected chi connectivity index (χ2v) is 6.32.